The highest BCUT2D eigenvalue weighted by Gasteiger charge is 2.36. The van der Waals surface area contributed by atoms with Crippen molar-refractivity contribution in [3.63, 3.8) is 0 Å². The number of phenols is 1. The number of halogens is 1. The normalized spacial score (nSPS) is 22.8. The van der Waals surface area contributed by atoms with Crippen LogP contribution >= 0.6 is 0 Å². The van der Waals surface area contributed by atoms with Gasteiger partial charge in [-0.25, -0.2) is 14.2 Å². The minimum atomic E-state index is -1.11. The number of morpholine rings is 1. The number of ether oxygens (including phenoxy) is 1. The number of imide groups is 1. The third-order valence-electron chi connectivity index (χ3n) is 13.7. The van der Waals surface area contributed by atoms with Gasteiger partial charge in [0.15, 0.2) is 5.82 Å². The molecular weight excluding hydrogens is 804 g/mol. The molecule has 3 aromatic heterocycles. The van der Waals surface area contributed by atoms with E-state index >= 15 is 4.39 Å². The Labute approximate surface area is 365 Å². The number of likely N-dealkylation sites (tertiary alicyclic amines) is 2. The van der Waals surface area contributed by atoms with Gasteiger partial charge < -0.3 is 34.8 Å². The second kappa shape index (κ2) is 16.9. The first kappa shape index (κ1) is 40.9. The first-order valence-corrected chi connectivity index (χ1v) is 22.2. The summed E-state index contributed by atoms with van der Waals surface area (Å²) in [6.45, 7) is 6.84. The zero-order valence-electron chi connectivity index (χ0n) is 35.5. The first-order valence-electron chi connectivity index (χ1n) is 22.2. The Morgan fingerprint density at radius 1 is 0.952 bits per heavy atom. The number of fused-ring (bicyclic) bond motifs is 1. The van der Waals surface area contributed by atoms with Gasteiger partial charge in [-0.15, -0.1) is 10.2 Å². The minimum Gasteiger partial charge on any atom is -0.507 e. The molecule has 2 aromatic carbocycles. The number of piperidine rings is 2. The van der Waals surface area contributed by atoms with Gasteiger partial charge in [0.1, 0.15) is 23.7 Å². The van der Waals surface area contributed by atoms with Gasteiger partial charge in [-0.1, -0.05) is 18.2 Å². The lowest BCUT2D eigenvalue weighted by Gasteiger charge is -2.39. The number of nitrogens with one attached hydrogen (secondary N) is 1. The summed E-state index contributed by atoms with van der Waals surface area (Å²) >= 11 is 0. The smallest absolute Gasteiger partial charge is 0.328 e. The van der Waals surface area contributed by atoms with Crippen LogP contribution < -0.4 is 20.9 Å². The number of carbonyl (C=O) groups excluding carboxylic acids is 3. The number of hydrogen-bond donors (Lipinski definition) is 3. The molecule has 0 unspecified atom stereocenters. The molecule has 5 fully saturated rings. The molecule has 5 aromatic rings. The zero-order valence-corrected chi connectivity index (χ0v) is 35.5. The molecule has 63 heavy (non-hydrogen) atoms. The summed E-state index contributed by atoms with van der Waals surface area (Å²) in [4.78, 5) is 50.7. The number of carbonyl (C=O) groups is 3. The van der Waals surface area contributed by atoms with Crippen LogP contribution in [0.4, 0.5) is 26.4 Å². The number of para-hydroxylation sites is 1. The second-order valence-electron chi connectivity index (χ2n) is 17.8. The maximum absolute atomic E-state index is 15.9. The largest absolute Gasteiger partial charge is 0.507 e. The van der Waals surface area contributed by atoms with Gasteiger partial charge in [-0.3, -0.25) is 19.8 Å². The molecule has 7 heterocycles. The van der Waals surface area contributed by atoms with Gasteiger partial charge in [0.05, 0.1) is 36.4 Å². The molecule has 15 nitrogen and oxygen atoms in total. The number of nitrogens with zero attached hydrogens (tertiary/aromatic N) is 8. The van der Waals surface area contributed by atoms with Crippen molar-refractivity contribution in [2.24, 2.45) is 5.92 Å². The summed E-state index contributed by atoms with van der Waals surface area (Å²) in [7, 11) is 0. The number of amides is 4. The SMILES string of the molecule is Cc1cc(C(=O)N2CC[C@H](CN3CCC(n4cc(C5CC5)c5cc(N6CCC(=O)NC6=O)cnc54)CC3)[C@@H](F)C2)ccc1[C@H]1CN(c2cc(-c3ccccc3O)nnc2N)CCO1. The third-order valence-corrected chi connectivity index (χ3v) is 13.7. The summed E-state index contributed by atoms with van der Waals surface area (Å²) in [6.07, 6.45) is 7.63. The molecule has 16 heteroatoms. The number of aromatic hydroxyl groups is 1. The first-order chi connectivity index (χ1) is 30.6. The highest BCUT2D eigenvalue weighted by atomic mass is 19.1. The van der Waals surface area contributed by atoms with E-state index in [1.165, 1.54) is 5.56 Å². The highest BCUT2D eigenvalue weighted by molar-refractivity contribution is 6.06. The number of nitrogen functional groups attached to an aromatic ring is 1. The van der Waals surface area contributed by atoms with E-state index in [4.69, 9.17) is 15.5 Å². The number of rotatable bonds is 9. The van der Waals surface area contributed by atoms with Crippen LogP contribution in [0.2, 0.25) is 0 Å². The lowest BCUT2D eigenvalue weighted by Crippen LogP contribution is -2.49. The summed E-state index contributed by atoms with van der Waals surface area (Å²) in [6, 6.07) is 16.4. The molecule has 4 aliphatic heterocycles. The fourth-order valence-electron chi connectivity index (χ4n) is 10.0. The lowest BCUT2D eigenvalue weighted by molar-refractivity contribution is -0.120. The van der Waals surface area contributed by atoms with E-state index in [1.807, 2.05) is 37.3 Å². The topological polar surface area (TPSA) is 175 Å². The molecule has 10 rings (SSSR count). The second-order valence-corrected chi connectivity index (χ2v) is 17.8. The van der Waals surface area contributed by atoms with Crippen LogP contribution in [-0.4, -0.2) is 118 Å². The number of aromatic nitrogens is 4. The van der Waals surface area contributed by atoms with Crippen LogP contribution in [0.25, 0.3) is 22.3 Å². The highest BCUT2D eigenvalue weighted by Crippen LogP contribution is 2.45. The number of aryl methyl sites for hydroxylation is 1. The fraction of sp³-hybridized carbons (Fsp3) is 0.447. The summed E-state index contributed by atoms with van der Waals surface area (Å²) in [5, 5.41) is 22.3. The standard InChI is InChI=1S/C47H53FN10O5/c1-28-20-30(8-9-34(28)42-27-55(18-19-63-42)40-22-39(52-53-44(40)49)35-4-2-3-5-41(35)59)46(61)56-16-10-31(38(48)26-56)24-54-14-11-32(12-15-54)58-25-37(29-6-7-29)36-21-33(23-50-45(36)58)57-17-13-43(60)51-47(57)62/h2-5,8-9,20-23,25,29,31-32,38,42,59H,6-7,10-19,24,26-27H2,1H3,(H2,49,53)(H,51,60,62)/t31-,38+,42-/m1/s1. The Morgan fingerprint density at radius 2 is 1.78 bits per heavy atom. The van der Waals surface area contributed by atoms with Gasteiger partial charge in [0.25, 0.3) is 5.91 Å². The zero-order chi connectivity index (χ0) is 43.4. The Kier molecular flexibility index (Phi) is 11.0. The maximum Gasteiger partial charge on any atom is 0.328 e. The number of urea groups is 1. The van der Waals surface area contributed by atoms with Crippen LogP contribution in [0, 0.1) is 12.8 Å². The Balaban J connectivity index is 0.738. The molecular formula is C47H53FN10O5. The van der Waals surface area contributed by atoms with Gasteiger partial charge in [-0.2, -0.15) is 0 Å². The van der Waals surface area contributed by atoms with Crippen molar-refractivity contribution in [1.82, 2.24) is 34.9 Å². The van der Waals surface area contributed by atoms with Gasteiger partial charge in [0, 0.05) is 86.9 Å². The van der Waals surface area contributed by atoms with E-state index < -0.39 is 12.2 Å². The molecule has 1 aliphatic carbocycles. The van der Waals surface area contributed by atoms with Crippen LogP contribution in [-0.2, 0) is 9.53 Å². The van der Waals surface area contributed by atoms with E-state index in [9.17, 15) is 19.5 Å². The molecule has 4 saturated heterocycles. The molecule has 0 spiro atoms. The van der Waals surface area contributed by atoms with Crippen molar-refractivity contribution < 1.29 is 28.6 Å². The van der Waals surface area contributed by atoms with E-state index in [0.29, 0.717) is 79.9 Å². The number of benzene rings is 2. The average Bonchev–Trinajstić information content (AvgIpc) is 4.07. The summed E-state index contributed by atoms with van der Waals surface area (Å²) < 4.78 is 24.5. The Morgan fingerprint density at radius 3 is 2.54 bits per heavy atom. The van der Waals surface area contributed by atoms with Crippen molar-refractivity contribution in [2.45, 2.75) is 69.7 Å². The minimum absolute atomic E-state index is 0.0773. The number of hydrogen-bond acceptors (Lipinski definition) is 11. The van der Waals surface area contributed by atoms with Crippen molar-refractivity contribution in [3.05, 3.63) is 89.2 Å². The Hall–Kier alpha value is -6.13. The number of alkyl halides is 1. The quantitative estimate of drug-likeness (QED) is 0.156. The van der Waals surface area contributed by atoms with E-state index in [2.05, 4.69) is 42.1 Å². The lowest BCUT2D eigenvalue weighted by atomic mass is 9.92. The molecule has 328 valence electrons. The predicted molar refractivity (Wildman–Crippen MR) is 236 cm³/mol. The molecule has 3 atom stereocenters. The van der Waals surface area contributed by atoms with Crippen LogP contribution in [0.3, 0.4) is 0 Å². The molecule has 4 amide bonds. The summed E-state index contributed by atoms with van der Waals surface area (Å²) in [5.74, 6) is 0.339. The van der Waals surface area contributed by atoms with Gasteiger partial charge in [0.2, 0.25) is 5.91 Å². The maximum atomic E-state index is 15.9. The Bertz CT molecular complexity index is 2570. The predicted octanol–water partition coefficient (Wildman–Crippen LogP) is 6.13. The van der Waals surface area contributed by atoms with Crippen molar-refractivity contribution >= 4 is 46.1 Å². The van der Waals surface area contributed by atoms with E-state index in [0.717, 1.165) is 60.9 Å². The monoisotopic (exact) mass is 856 g/mol. The fourth-order valence-corrected chi connectivity index (χ4v) is 10.0. The number of pyridine rings is 1. The molecule has 0 radical (unpaired) electrons. The van der Waals surface area contributed by atoms with Crippen LogP contribution in [0.5, 0.6) is 5.75 Å². The van der Waals surface area contributed by atoms with Crippen molar-refractivity contribution in [3.8, 4) is 17.0 Å². The van der Waals surface area contributed by atoms with Gasteiger partial charge >= 0.3 is 6.03 Å². The molecule has 0 bridgehead atoms. The molecule has 5 aliphatic rings. The van der Waals surface area contributed by atoms with Crippen molar-refractivity contribution in [1.29, 1.82) is 0 Å². The van der Waals surface area contributed by atoms with E-state index in [-0.39, 0.29) is 54.4 Å². The average molecular weight is 857 g/mol. The van der Waals surface area contributed by atoms with E-state index in [1.54, 1.807) is 34.2 Å². The molecule has 4 N–H and O–H groups in total. The van der Waals surface area contributed by atoms with Crippen LogP contribution in [0.15, 0.2) is 67.0 Å². The molecule has 1 saturated carbocycles. The number of anilines is 3. The van der Waals surface area contributed by atoms with Gasteiger partial charge in [-0.05, 0) is 98.0 Å². The van der Waals surface area contributed by atoms with Crippen LogP contribution in [0.1, 0.15) is 83.6 Å². The summed E-state index contributed by atoms with van der Waals surface area (Å²) in [5.41, 5.74) is 13.4. The number of phenolic OH excluding ortho intramolecular Hbond substituents is 1. The third kappa shape index (κ3) is 8.17. The van der Waals surface area contributed by atoms with Crippen molar-refractivity contribution in [2.75, 3.05) is 74.5 Å². The number of nitrogens with two attached hydrogens (primary N) is 1.